The SMILES string of the molecule is C=C(CC)CC(Cl)C(=N)C(=NC)NC. The van der Waals surface area contributed by atoms with Gasteiger partial charge in [-0.15, -0.1) is 11.6 Å². The van der Waals surface area contributed by atoms with E-state index in [1.807, 2.05) is 6.92 Å². The van der Waals surface area contributed by atoms with Gasteiger partial charge in [-0.3, -0.25) is 10.4 Å². The Morgan fingerprint density at radius 3 is 2.57 bits per heavy atom. The Morgan fingerprint density at radius 1 is 1.64 bits per heavy atom. The van der Waals surface area contributed by atoms with Gasteiger partial charge in [0.2, 0.25) is 0 Å². The average molecular weight is 216 g/mol. The zero-order valence-corrected chi connectivity index (χ0v) is 9.78. The summed E-state index contributed by atoms with van der Waals surface area (Å²) in [6, 6.07) is 0. The maximum atomic E-state index is 7.75. The fourth-order valence-electron chi connectivity index (χ4n) is 1.02. The lowest BCUT2D eigenvalue weighted by atomic mass is 10.1. The van der Waals surface area contributed by atoms with Crippen LogP contribution in [0.5, 0.6) is 0 Å². The van der Waals surface area contributed by atoms with Crippen molar-refractivity contribution >= 4 is 23.1 Å². The molecule has 0 radical (unpaired) electrons. The molecule has 0 aliphatic carbocycles. The predicted octanol–water partition coefficient (Wildman–Crippen LogP) is 2.22. The van der Waals surface area contributed by atoms with Crippen molar-refractivity contribution in [2.45, 2.75) is 25.1 Å². The van der Waals surface area contributed by atoms with Crippen molar-refractivity contribution in [3.05, 3.63) is 12.2 Å². The second-order valence-electron chi connectivity index (χ2n) is 3.01. The van der Waals surface area contributed by atoms with E-state index in [9.17, 15) is 0 Å². The van der Waals surface area contributed by atoms with Crippen molar-refractivity contribution in [1.82, 2.24) is 5.32 Å². The maximum Gasteiger partial charge on any atom is 0.143 e. The number of hydrogen-bond acceptors (Lipinski definition) is 2. The van der Waals surface area contributed by atoms with Gasteiger partial charge in [0.25, 0.3) is 0 Å². The monoisotopic (exact) mass is 215 g/mol. The minimum absolute atomic E-state index is 0.325. The average Bonchev–Trinajstić information content (AvgIpc) is 2.19. The molecule has 14 heavy (non-hydrogen) atoms. The van der Waals surface area contributed by atoms with Crippen LogP contribution in [-0.4, -0.2) is 31.0 Å². The number of nitrogens with one attached hydrogen (secondary N) is 2. The molecule has 0 aliphatic rings. The molecule has 0 amide bonds. The predicted molar refractivity (Wildman–Crippen MR) is 63.8 cm³/mol. The van der Waals surface area contributed by atoms with Crippen LogP contribution in [0.4, 0.5) is 0 Å². The van der Waals surface area contributed by atoms with Gasteiger partial charge in [0, 0.05) is 14.1 Å². The number of nitrogens with zero attached hydrogens (tertiary/aromatic N) is 1. The highest BCUT2D eigenvalue weighted by Crippen LogP contribution is 2.13. The zero-order chi connectivity index (χ0) is 11.1. The molecule has 80 valence electrons. The summed E-state index contributed by atoms with van der Waals surface area (Å²) < 4.78 is 0. The highest BCUT2D eigenvalue weighted by atomic mass is 35.5. The van der Waals surface area contributed by atoms with E-state index in [4.69, 9.17) is 17.0 Å². The van der Waals surface area contributed by atoms with Crippen LogP contribution >= 0.6 is 11.6 Å². The lowest BCUT2D eigenvalue weighted by molar-refractivity contribution is 0.939. The van der Waals surface area contributed by atoms with Gasteiger partial charge in [0.15, 0.2) is 0 Å². The first-order valence-electron chi connectivity index (χ1n) is 4.60. The van der Waals surface area contributed by atoms with Crippen LogP contribution in [0.25, 0.3) is 0 Å². The molecule has 0 aromatic carbocycles. The third-order valence-corrected chi connectivity index (χ3v) is 2.37. The van der Waals surface area contributed by atoms with Gasteiger partial charge in [0.05, 0.1) is 11.1 Å². The van der Waals surface area contributed by atoms with Crippen LogP contribution in [0.15, 0.2) is 17.1 Å². The fourth-order valence-corrected chi connectivity index (χ4v) is 1.34. The van der Waals surface area contributed by atoms with E-state index < -0.39 is 0 Å². The number of amidine groups is 1. The molecule has 0 bridgehead atoms. The van der Waals surface area contributed by atoms with Crippen molar-refractivity contribution in [1.29, 1.82) is 5.41 Å². The Hall–Kier alpha value is -0.830. The van der Waals surface area contributed by atoms with Crippen LogP contribution < -0.4 is 5.32 Å². The Morgan fingerprint density at radius 2 is 2.21 bits per heavy atom. The summed E-state index contributed by atoms with van der Waals surface area (Å²) >= 11 is 6.05. The second-order valence-corrected chi connectivity index (χ2v) is 3.54. The van der Waals surface area contributed by atoms with Crippen LogP contribution in [0.3, 0.4) is 0 Å². The van der Waals surface area contributed by atoms with Gasteiger partial charge in [0.1, 0.15) is 5.84 Å². The highest BCUT2D eigenvalue weighted by Gasteiger charge is 2.16. The number of alkyl halides is 1. The van der Waals surface area contributed by atoms with Gasteiger partial charge in [-0.1, -0.05) is 19.1 Å². The molecule has 4 heteroatoms. The van der Waals surface area contributed by atoms with Crippen LogP contribution in [0.1, 0.15) is 19.8 Å². The zero-order valence-electron chi connectivity index (χ0n) is 9.02. The van der Waals surface area contributed by atoms with Crippen molar-refractivity contribution < 1.29 is 0 Å². The molecule has 0 aromatic heterocycles. The molecule has 0 fully saturated rings. The van der Waals surface area contributed by atoms with E-state index in [-0.39, 0.29) is 5.38 Å². The van der Waals surface area contributed by atoms with Crippen LogP contribution in [-0.2, 0) is 0 Å². The molecular formula is C10H18ClN3. The maximum absolute atomic E-state index is 7.75. The smallest absolute Gasteiger partial charge is 0.143 e. The molecule has 0 spiro atoms. The first-order chi connectivity index (χ1) is 6.56. The summed E-state index contributed by atoms with van der Waals surface area (Å²) in [5.41, 5.74) is 1.38. The van der Waals surface area contributed by atoms with Crippen molar-refractivity contribution in [3.8, 4) is 0 Å². The summed E-state index contributed by atoms with van der Waals surface area (Å²) in [6.07, 6.45) is 1.53. The van der Waals surface area contributed by atoms with Crippen molar-refractivity contribution in [2.75, 3.05) is 14.1 Å². The third-order valence-electron chi connectivity index (χ3n) is 2.00. The molecule has 0 heterocycles. The quantitative estimate of drug-likeness (QED) is 0.314. The standard InChI is InChI=1S/C10H18ClN3/c1-5-7(2)6-8(11)9(12)10(13-3)14-4/h8,12H,2,5-6H2,1,3-4H3,(H,13,14). The normalized spacial score (nSPS) is 13.6. The lowest BCUT2D eigenvalue weighted by Gasteiger charge is -2.13. The van der Waals surface area contributed by atoms with E-state index in [1.54, 1.807) is 14.1 Å². The topological polar surface area (TPSA) is 48.2 Å². The van der Waals surface area contributed by atoms with Gasteiger partial charge in [-0.2, -0.15) is 0 Å². The number of halogens is 1. The van der Waals surface area contributed by atoms with Gasteiger partial charge in [-0.05, 0) is 12.8 Å². The molecule has 0 aliphatic heterocycles. The molecule has 1 atom stereocenters. The summed E-state index contributed by atoms with van der Waals surface area (Å²) in [6.45, 7) is 5.90. The largest absolute Gasteiger partial charge is 0.372 e. The van der Waals surface area contributed by atoms with Crippen LogP contribution in [0, 0.1) is 5.41 Å². The summed E-state index contributed by atoms with van der Waals surface area (Å²) in [4.78, 5) is 3.93. The second kappa shape index (κ2) is 6.60. The number of allylic oxidation sites excluding steroid dienone is 1. The number of rotatable bonds is 5. The van der Waals surface area contributed by atoms with Gasteiger partial charge in [-0.25, -0.2) is 0 Å². The van der Waals surface area contributed by atoms with Gasteiger partial charge < -0.3 is 5.32 Å². The summed E-state index contributed by atoms with van der Waals surface area (Å²) in [5.74, 6) is 0.536. The third kappa shape index (κ3) is 3.92. The Bertz CT molecular complexity index is 246. The van der Waals surface area contributed by atoms with E-state index in [0.717, 1.165) is 12.0 Å². The first-order valence-corrected chi connectivity index (χ1v) is 5.04. The Labute approximate surface area is 90.8 Å². The summed E-state index contributed by atoms with van der Waals surface area (Å²) in [5, 5.41) is 10.2. The Balaban J connectivity index is 4.32. The highest BCUT2D eigenvalue weighted by molar-refractivity contribution is 6.51. The molecule has 0 aromatic rings. The molecule has 0 saturated carbocycles. The molecule has 0 rings (SSSR count). The molecule has 3 nitrogen and oxygen atoms in total. The minimum Gasteiger partial charge on any atom is -0.372 e. The molecular weight excluding hydrogens is 198 g/mol. The molecule has 0 saturated heterocycles. The van der Waals surface area contributed by atoms with Crippen molar-refractivity contribution in [2.24, 2.45) is 4.99 Å². The summed E-state index contributed by atoms with van der Waals surface area (Å²) in [7, 11) is 3.37. The van der Waals surface area contributed by atoms with E-state index in [1.165, 1.54) is 0 Å². The number of hydrogen-bond donors (Lipinski definition) is 2. The first kappa shape index (κ1) is 13.2. The molecule has 1 unspecified atom stereocenters. The lowest BCUT2D eigenvalue weighted by Crippen LogP contribution is -2.33. The minimum atomic E-state index is -0.339. The van der Waals surface area contributed by atoms with Crippen molar-refractivity contribution in [3.63, 3.8) is 0 Å². The van der Waals surface area contributed by atoms with Crippen LogP contribution in [0.2, 0.25) is 0 Å². The molecule has 2 N–H and O–H groups in total. The fraction of sp³-hybridized carbons (Fsp3) is 0.600. The van der Waals surface area contributed by atoms with E-state index >= 15 is 0 Å². The van der Waals surface area contributed by atoms with Gasteiger partial charge >= 0.3 is 0 Å². The number of aliphatic imine (C=N–C) groups is 1. The van der Waals surface area contributed by atoms with E-state index in [2.05, 4.69) is 16.9 Å². The van der Waals surface area contributed by atoms with E-state index in [0.29, 0.717) is 18.0 Å². The Kier molecular flexibility index (Phi) is 6.21.